The van der Waals surface area contributed by atoms with Crippen LogP contribution in [0.2, 0.25) is 0 Å². The summed E-state index contributed by atoms with van der Waals surface area (Å²) in [6.07, 6.45) is 0. The zero-order valence-electron chi connectivity index (χ0n) is 5.36. The normalized spacial score (nSPS) is 9.90. The summed E-state index contributed by atoms with van der Waals surface area (Å²) in [5, 5.41) is 9.31. The summed E-state index contributed by atoms with van der Waals surface area (Å²) in [5.41, 5.74) is 0.856. The Labute approximate surface area is 76.3 Å². The quantitative estimate of drug-likeness (QED) is 0.764. The first-order valence-corrected chi connectivity index (χ1v) is 4.35. The lowest BCUT2D eigenvalue weighted by atomic mass is 10.2. The van der Waals surface area contributed by atoms with Crippen molar-refractivity contribution in [1.82, 2.24) is 0 Å². The summed E-state index contributed by atoms with van der Waals surface area (Å²) in [4.78, 5) is 0. The van der Waals surface area contributed by atoms with E-state index in [2.05, 4.69) is 31.9 Å². The first kappa shape index (κ1) is 8.08. The van der Waals surface area contributed by atoms with E-state index in [0.29, 0.717) is 5.75 Å². The van der Waals surface area contributed by atoms with Crippen molar-refractivity contribution >= 4 is 31.9 Å². The van der Waals surface area contributed by atoms with E-state index in [1.165, 1.54) is 0 Å². The second-order valence-electron chi connectivity index (χ2n) is 2.00. The number of hydrogen-bond acceptors (Lipinski definition) is 1. The summed E-state index contributed by atoms with van der Waals surface area (Å²) >= 11 is 6.51. The molecule has 0 amide bonds. The fourth-order valence-corrected chi connectivity index (χ4v) is 1.39. The Bertz CT molecular complexity index is 231. The van der Waals surface area contributed by atoms with Gasteiger partial charge < -0.3 is 5.11 Å². The summed E-state index contributed by atoms with van der Waals surface area (Å²) in [6.45, 7) is 1.85. The van der Waals surface area contributed by atoms with Gasteiger partial charge in [0.2, 0.25) is 0 Å². The standard InChI is InChI=1S/C7H6Br2O/c1-4-5(8)2-3-6(9)7(4)10/h2-3,10H,1H3. The van der Waals surface area contributed by atoms with Crippen LogP contribution in [0.1, 0.15) is 5.56 Å². The highest BCUT2D eigenvalue weighted by molar-refractivity contribution is 9.11. The van der Waals surface area contributed by atoms with Gasteiger partial charge in [0.1, 0.15) is 5.75 Å². The van der Waals surface area contributed by atoms with Crippen molar-refractivity contribution in [1.29, 1.82) is 0 Å². The van der Waals surface area contributed by atoms with Crippen molar-refractivity contribution in [2.45, 2.75) is 6.92 Å². The predicted molar refractivity (Wildman–Crippen MR) is 48.2 cm³/mol. The highest BCUT2D eigenvalue weighted by Crippen LogP contribution is 2.31. The van der Waals surface area contributed by atoms with Gasteiger partial charge in [0.15, 0.2) is 0 Å². The van der Waals surface area contributed by atoms with Crippen LogP contribution < -0.4 is 0 Å². The molecule has 0 atom stereocenters. The molecule has 0 heterocycles. The first-order valence-electron chi connectivity index (χ1n) is 2.76. The molecule has 0 fully saturated rings. The second-order valence-corrected chi connectivity index (χ2v) is 3.71. The van der Waals surface area contributed by atoms with Gasteiger partial charge in [-0.3, -0.25) is 0 Å². The number of phenolic OH excluding ortho intramolecular Hbond substituents is 1. The molecule has 0 aromatic heterocycles. The second kappa shape index (κ2) is 2.93. The van der Waals surface area contributed by atoms with Crippen LogP contribution in [0.5, 0.6) is 5.75 Å². The van der Waals surface area contributed by atoms with E-state index in [9.17, 15) is 5.11 Å². The average Bonchev–Trinajstić information content (AvgIpc) is 1.93. The minimum atomic E-state index is 0.300. The molecule has 0 saturated heterocycles. The fourth-order valence-electron chi connectivity index (χ4n) is 0.642. The van der Waals surface area contributed by atoms with Crippen molar-refractivity contribution in [2.24, 2.45) is 0 Å². The Balaban J connectivity index is 3.34. The summed E-state index contributed by atoms with van der Waals surface area (Å²) in [5.74, 6) is 0.300. The van der Waals surface area contributed by atoms with Crippen molar-refractivity contribution in [2.75, 3.05) is 0 Å². The van der Waals surface area contributed by atoms with Gasteiger partial charge >= 0.3 is 0 Å². The SMILES string of the molecule is Cc1c(Br)ccc(Br)c1O. The molecule has 0 aliphatic rings. The van der Waals surface area contributed by atoms with E-state index in [-0.39, 0.29) is 0 Å². The fraction of sp³-hybridized carbons (Fsp3) is 0.143. The Hall–Kier alpha value is -0.0200. The molecular weight excluding hydrogens is 260 g/mol. The number of aromatic hydroxyl groups is 1. The lowest BCUT2D eigenvalue weighted by molar-refractivity contribution is 0.467. The van der Waals surface area contributed by atoms with Gasteiger partial charge in [0.05, 0.1) is 4.47 Å². The third-order valence-corrected chi connectivity index (χ3v) is 2.81. The van der Waals surface area contributed by atoms with Gasteiger partial charge in [-0.25, -0.2) is 0 Å². The first-order chi connectivity index (χ1) is 4.63. The molecule has 0 aliphatic heterocycles. The van der Waals surface area contributed by atoms with E-state index < -0.39 is 0 Å². The monoisotopic (exact) mass is 264 g/mol. The highest BCUT2D eigenvalue weighted by atomic mass is 79.9. The third kappa shape index (κ3) is 1.35. The molecule has 1 aromatic carbocycles. The Morgan fingerprint density at radius 2 is 1.70 bits per heavy atom. The van der Waals surface area contributed by atoms with Crippen LogP contribution >= 0.6 is 31.9 Å². The molecule has 0 saturated carbocycles. The van der Waals surface area contributed by atoms with Gasteiger partial charge in [0, 0.05) is 10.0 Å². The zero-order valence-corrected chi connectivity index (χ0v) is 8.53. The lowest BCUT2D eigenvalue weighted by Crippen LogP contribution is -1.77. The smallest absolute Gasteiger partial charge is 0.133 e. The van der Waals surface area contributed by atoms with Crippen LogP contribution in [-0.2, 0) is 0 Å². The van der Waals surface area contributed by atoms with Crippen LogP contribution in [0.3, 0.4) is 0 Å². The molecule has 1 rings (SSSR count). The minimum Gasteiger partial charge on any atom is -0.506 e. The van der Waals surface area contributed by atoms with E-state index in [4.69, 9.17) is 0 Å². The maximum atomic E-state index is 9.31. The van der Waals surface area contributed by atoms with E-state index in [1.807, 2.05) is 13.0 Å². The molecule has 0 spiro atoms. The van der Waals surface area contributed by atoms with Crippen LogP contribution in [-0.4, -0.2) is 5.11 Å². The highest BCUT2D eigenvalue weighted by Gasteiger charge is 2.03. The van der Waals surface area contributed by atoms with Crippen LogP contribution in [0.4, 0.5) is 0 Å². The number of halogens is 2. The topological polar surface area (TPSA) is 20.2 Å². The molecule has 0 aliphatic carbocycles. The average molecular weight is 266 g/mol. The van der Waals surface area contributed by atoms with Gasteiger partial charge in [-0.15, -0.1) is 0 Å². The van der Waals surface area contributed by atoms with E-state index in [1.54, 1.807) is 6.07 Å². The largest absolute Gasteiger partial charge is 0.506 e. The van der Waals surface area contributed by atoms with Crippen LogP contribution in [0.25, 0.3) is 0 Å². The number of hydrogen-bond donors (Lipinski definition) is 1. The molecule has 1 N–H and O–H groups in total. The van der Waals surface area contributed by atoms with Crippen molar-refractivity contribution in [3.05, 3.63) is 26.6 Å². The predicted octanol–water partition coefficient (Wildman–Crippen LogP) is 3.23. The van der Waals surface area contributed by atoms with Crippen molar-refractivity contribution in [3.8, 4) is 5.75 Å². The summed E-state index contributed by atoms with van der Waals surface area (Å²) in [6, 6.07) is 3.69. The van der Waals surface area contributed by atoms with Gasteiger partial charge in [0.25, 0.3) is 0 Å². The number of rotatable bonds is 0. The number of phenols is 1. The molecule has 1 aromatic rings. The number of benzene rings is 1. The van der Waals surface area contributed by atoms with E-state index in [0.717, 1.165) is 14.5 Å². The molecular formula is C7H6Br2O. The van der Waals surface area contributed by atoms with Crippen LogP contribution in [0.15, 0.2) is 21.1 Å². The molecule has 54 valence electrons. The maximum absolute atomic E-state index is 9.31. The lowest BCUT2D eigenvalue weighted by Gasteiger charge is -2.01. The van der Waals surface area contributed by atoms with Crippen LogP contribution in [0, 0.1) is 6.92 Å². The van der Waals surface area contributed by atoms with Crippen molar-refractivity contribution < 1.29 is 5.11 Å². The summed E-state index contributed by atoms with van der Waals surface area (Å²) in [7, 11) is 0. The van der Waals surface area contributed by atoms with Gasteiger partial charge in [-0.2, -0.15) is 0 Å². The molecule has 1 nitrogen and oxygen atoms in total. The Kier molecular flexibility index (Phi) is 2.36. The molecule has 3 heteroatoms. The Morgan fingerprint density at radius 1 is 1.20 bits per heavy atom. The molecule has 0 radical (unpaired) electrons. The molecule has 0 bridgehead atoms. The third-order valence-electron chi connectivity index (χ3n) is 1.32. The maximum Gasteiger partial charge on any atom is 0.133 e. The van der Waals surface area contributed by atoms with Gasteiger partial charge in [-0.1, -0.05) is 15.9 Å². The minimum absolute atomic E-state index is 0.300. The van der Waals surface area contributed by atoms with Gasteiger partial charge in [-0.05, 0) is 35.0 Å². The zero-order chi connectivity index (χ0) is 7.72. The molecule has 10 heavy (non-hydrogen) atoms. The Morgan fingerprint density at radius 3 is 2.20 bits per heavy atom. The van der Waals surface area contributed by atoms with E-state index >= 15 is 0 Å². The summed E-state index contributed by atoms with van der Waals surface area (Å²) < 4.78 is 1.65. The molecule has 0 unspecified atom stereocenters. The van der Waals surface area contributed by atoms with Crippen molar-refractivity contribution in [3.63, 3.8) is 0 Å².